The van der Waals surface area contributed by atoms with Crippen LogP contribution in [0.3, 0.4) is 0 Å². The number of likely N-dealkylation sites (tertiary alicyclic amines) is 1. The smallest absolute Gasteiger partial charge is 0.254 e. The Labute approximate surface area is 125 Å². The molecule has 1 aromatic carbocycles. The molecule has 112 valence electrons. The highest BCUT2D eigenvalue weighted by Gasteiger charge is 2.35. The maximum absolute atomic E-state index is 12.7. The average molecular weight is 288 g/mol. The minimum absolute atomic E-state index is 0.0311. The van der Waals surface area contributed by atoms with Crippen molar-refractivity contribution in [1.82, 2.24) is 4.90 Å². The van der Waals surface area contributed by atoms with Crippen molar-refractivity contribution in [2.75, 3.05) is 27.4 Å². The molecule has 1 fully saturated rings. The Morgan fingerprint density at radius 1 is 1.48 bits per heavy atom. The Morgan fingerprint density at radius 3 is 2.95 bits per heavy atom. The van der Waals surface area contributed by atoms with Crippen molar-refractivity contribution < 1.29 is 14.3 Å². The SMILES string of the molecule is COC[C@@H]1C[C@H](OC)CN1C(=O)c1cccc(CC#N)c1. The van der Waals surface area contributed by atoms with Crippen LogP contribution in [0.5, 0.6) is 0 Å². The highest BCUT2D eigenvalue weighted by atomic mass is 16.5. The van der Waals surface area contributed by atoms with Gasteiger partial charge in [0, 0.05) is 26.3 Å². The van der Waals surface area contributed by atoms with Crippen molar-refractivity contribution in [3.05, 3.63) is 35.4 Å². The Hall–Kier alpha value is -1.90. The molecule has 0 spiro atoms. The van der Waals surface area contributed by atoms with E-state index >= 15 is 0 Å². The number of benzene rings is 1. The summed E-state index contributed by atoms with van der Waals surface area (Å²) in [5.41, 5.74) is 1.47. The molecule has 0 aliphatic carbocycles. The van der Waals surface area contributed by atoms with E-state index in [1.54, 1.807) is 26.4 Å². The zero-order valence-electron chi connectivity index (χ0n) is 12.4. The van der Waals surface area contributed by atoms with Crippen LogP contribution < -0.4 is 0 Å². The van der Waals surface area contributed by atoms with Gasteiger partial charge in [0.15, 0.2) is 0 Å². The van der Waals surface area contributed by atoms with Crippen LogP contribution in [-0.4, -0.2) is 50.3 Å². The molecule has 0 aromatic heterocycles. The lowest BCUT2D eigenvalue weighted by molar-refractivity contribution is 0.0612. The molecule has 5 nitrogen and oxygen atoms in total. The average Bonchev–Trinajstić information content (AvgIpc) is 2.91. The Morgan fingerprint density at radius 2 is 2.29 bits per heavy atom. The van der Waals surface area contributed by atoms with E-state index in [1.165, 1.54) is 0 Å². The molecular weight excluding hydrogens is 268 g/mol. The fraction of sp³-hybridized carbons (Fsp3) is 0.500. The second-order valence-electron chi connectivity index (χ2n) is 5.20. The van der Waals surface area contributed by atoms with Crippen LogP contribution in [0.1, 0.15) is 22.3 Å². The molecule has 1 aliphatic heterocycles. The molecule has 0 N–H and O–H groups in total. The largest absolute Gasteiger partial charge is 0.383 e. The first kappa shape index (κ1) is 15.5. The van der Waals surface area contributed by atoms with Gasteiger partial charge >= 0.3 is 0 Å². The van der Waals surface area contributed by atoms with Crippen molar-refractivity contribution >= 4 is 5.91 Å². The number of amides is 1. The Kier molecular flexibility index (Phi) is 5.32. The highest BCUT2D eigenvalue weighted by Crippen LogP contribution is 2.23. The third-order valence-electron chi connectivity index (χ3n) is 3.79. The van der Waals surface area contributed by atoms with Crippen LogP contribution in [0, 0.1) is 11.3 Å². The van der Waals surface area contributed by atoms with Gasteiger partial charge in [-0.25, -0.2) is 0 Å². The normalized spacial score (nSPS) is 21.3. The molecule has 0 bridgehead atoms. The van der Waals surface area contributed by atoms with E-state index in [2.05, 4.69) is 6.07 Å². The van der Waals surface area contributed by atoms with Crippen molar-refractivity contribution in [2.45, 2.75) is 25.0 Å². The lowest BCUT2D eigenvalue weighted by Gasteiger charge is -2.24. The molecule has 0 radical (unpaired) electrons. The maximum atomic E-state index is 12.7. The molecule has 1 amide bonds. The summed E-state index contributed by atoms with van der Waals surface area (Å²) < 4.78 is 10.6. The van der Waals surface area contributed by atoms with Gasteiger partial charge in [-0.3, -0.25) is 4.79 Å². The van der Waals surface area contributed by atoms with Gasteiger partial charge in [0.05, 0.1) is 31.2 Å². The molecule has 0 saturated carbocycles. The maximum Gasteiger partial charge on any atom is 0.254 e. The summed E-state index contributed by atoms with van der Waals surface area (Å²) in [6, 6.07) is 9.38. The minimum Gasteiger partial charge on any atom is -0.383 e. The Balaban J connectivity index is 2.17. The number of rotatable bonds is 5. The zero-order valence-corrected chi connectivity index (χ0v) is 12.4. The van der Waals surface area contributed by atoms with Gasteiger partial charge in [0.1, 0.15) is 0 Å². The summed E-state index contributed by atoms with van der Waals surface area (Å²) in [5, 5.41) is 8.76. The van der Waals surface area contributed by atoms with E-state index in [1.807, 2.05) is 17.0 Å². The number of carbonyl (C=O) groups excluding carboxylic acids is 1. The summed E-state index contributed by atoms with van der Waals surface area (Å²) in [7, 11) is 3.30. The molecule has 2 atom stereocenters. The highest BCUT2D eigenvalue weighted by molar-refractivity contribution is 5.94. The minimum atomic E-state index is -0.0311. The predicted molar refractivity (Wildman–Crippen MR) is 77.9 cm³/mol. The van der Waals surface area contributed by atoms with Crippen LogP contribution in [0.15, 0.2) is 24.3 Å². The van der Waals surface area contributed by atoms with E-state index in [9.17, 15) is 4.79 Å². The van der Waals surface area contributed by atoms with Crippen LogP contribution in [0.4, 0.5) is 0 Å². The molecule has 1 saturated heterocycles. The summed E-state index contributed by atoms with van der Waals surface area (Å²) in [4.78, 5) is 14.5. The number of carbonyl (C=O) groups is 1. The quantitative estimate of drug-likeness (QED) is 0.826. The first-order valence-corrected chi connectivity index (χ1v) is 6.98. The van der Waals surface area contributed by atoms with Crippen molar-refractivity contribution in [2.24, 2.45) is 0 Å². The molecular formula is C16H20N2O3. The summed E-state index contributed by atoms with van der Waals surface area (Å²) >= 11 is 0. The standard InChI is InChI=1S/C16H20N2O3/c1-20-11-14-9-15(21-2)10-18(14)16(19)13-5-3-4-12(8-13)6-7-17/h3-5,8,14-15H,6,9-11H2,1-2H3/t14-,15-/m0/s1. The van der Waals surface area contributed by atoms with Crippen LogP contribution in [0.25, 0.3) is 0 Å². The van der Waals surface area contributed by atoms with Crippen LogP contribution in [-0.2, 0) is 15.9 Å². The third kappa shape index (κ3) is 3.60. The zero-order chi connectivity index (χ0) is 15.2. The lowest BCUT2D eigenvalue weighted by Crippen LogP contribution is -2.38. The summed E-state index contributed by atoms with van der Waals surface area (Å²) in [5.74, 6) is -0.0311. The summed E-state index contributed by atoms with van der Waals surface area (Å²) in [6.45, 7) is 1.08. The van der Waals surface area contributed by atoms with E-state index in [4.69, 9.17) is 14.7 Å². The van der Waals surface area contributed by atoms with Crippen molar-refractivity contribution in [3.63, 3.8) is 0 Å². The molecule has 1 aliphatic rings. The van der Waals surface area contributed by atoms with Crippen molar-refractivity contribution in [3.8, 4) is 6.07 Å². The molecule has 0 unspecified atom stereocenters. The van der Waals surface area contributed by atoms with Crippen LogP contribution in [0.2, 0.25) is 0 Å². The van der Waals surface area contributed by atoms with E-state index in [0.717, 1.165) is 12.0 Å². The Bertz CT molecular complexity index is 539. The van der Waals surface area contributed by atoms with Gasteiger partial charge in [-0.15, -0.1) is 0 Å². The fourth-order valence-electron chi connectivity index (χ4n) is 2.72. The molecule has 1 heterocycles. The topological polar surface area (TPSA) is 62.6 Å². The van der Waals surface area contributed by atoms with E-state index in [-0.39, 0.29) is 18.1 Å². The van der Waals surface area contributed by atoms with Gasteiger partial charge in [-0.1, -0.05) is 12.1 Å². The van der Waals surface area contributed by atoms with E-state index in [0.29, 0.717) is 25.1 Å². The van der Waals surface area contributed by atoms with Gasteiger partial charge in [-0.05, 0) is 24.1 Å². The number of hydrogen-bond acceptors (Lipinski definition) is 4. The molecule has 1 aromatic rings. The van der Waals surface area contributed by atoms with Crippen molar-refractivity contribution in [1.29, 1.82) is 5.26 Å². The first-order chi connectivity index (χ1) is 10.2. The third-order valence-corrected chi connectivity index (χ3v) is 3.79. The summed E-state index contributed by atoms with van der Waals surface area (Å²) in [6.07, 6.45) is 1.15. The molecule has 21 heavy (non-hydrogen) atoms. The van der Waals surface area contributed by atoms with Gasteiger partial charge < -0.3 is 14.4 Å². The van der Waals surface area contributed by atoms with E-state index < -0.39 is 0 Å². The van der Waals surface area contributed by atoms with Gasteiger partial charge in [0.25, 0.3) is 5.91 Å². The number of hydrogen-bond donors (Lipinski definition) is 0. The lowest BCUT2D eigenvalue weighted by atomic mass is 10.1. The van der Waals surface area contributed by atoms with Gasteiger partial charge in [-0.2, -0.15) is 5.26 Å². The fourth-order valence-corrected chi connectivity index (χ4v) is 2.72. The number of nitriles is 1. The monoisotopic (exact) mass is 288 g/mol. The predicted octanol–water partition coefficient (Wildman–Crippen LogP) is 1.63. The number of ether oxygens (including phenoxy) is 2. The molecule has 2 rings (SSSR count). The second-order valence-corrected chi connectivity index (χ2v) is 5.20. The van der Waals surface area contributed by atoms with Gasteiger partial charge in [0.2, 0.25) is 0 Å². The first-order valence-electron chi connectivity index (χ1n) is 6.98. The number of methoxy groups -OCH3 is 2. The molecule has 5 heteroatoms. The second kappa shape index (κ2) is 7.21. The van der Waals surface area contributed by atoms with Crippen LogP contribution >= 0.6 is 0 Å². The number of nitrogens with zero attached hydrogens (tertiary/aromatic N) is 2.